The van der Waals surface area contributed by atoms with Crippen LogP contribution in [0.2, 0.25) is 0 Å². The van der Waals surface area contributed by atoms with E-state index in [0.717, 1.165) is 36.9 Å². The molecule has 1 saturated carbocycles. The summed E-state index contributed by atoms with van der Waals surface area (Å²) in [6.45, 7) is 2.65. The highest BCUT2D eigenvalue weighted by Crippen LogP contribution is 2.27. The third-order valence-electron chi connectivity index (χ3n) is 7.97. The summed E-state index contributed by atoms with van der Waals surface area (Å²) in [5.74, 6) is -0.472. The average Bonchev–Trinajstić information content (AvgIpc) is 3.36. The van der Waals surface area contributed by atoms with Crippen LogP contribution in [0.25, 0.3) is 11.0 Å². The van der Waals surface area contributed by atoms with Gasteiger partial charge in [-0.1, -0.05) is 43.5 Å². The Labute approximate surface area is 236 Å². The molecule has 0 spiro atoms. The van der Waals surface area contributed by atoms with Crippen LogP contribution in [-0.4, -0.2) is 58.3 Å². The molecule has 3 heterocycles. The monoisotopic (exact) mass is 563 g/mol. The molecule has 5 rings (SSSR count). The maximum atomic E-state index is 14.6. The topological polar surface area (TPSA) is 71.3 Å². The van der Waals surface area contributed by atoms with Gasteiger partial charge in [-0.2, -0.15) is 4.39 Å². The highest BCUT2D eigenvalue weighted by Gasteiger charge is 2.23. The molecule has 0 saturated heterocycles. The van der Waals surface area contributed by atoms with Gasteiger partial charge in [0.15, 0.2) is 5.65 Å². The number of hydrogen-bond donors (Lipinski definition) is 0. The van der Waals surface area contributed by atoms with E-state index in [4.69, 9.17) is 0 Å². The Kier molecular flexibility index (Phi) is 9.24. The summed E-state index contributed by atoms with van der Waals surface area (Å²) >= 11 is 0. The lowest BCUT2D eigenvalue weighted by atomic mass is 9.94. The third-order valence-corrected chi connectivity index (χ3v) is 9.64. The van der Waals surface area contributed by atoms with Crippen LogP contribution in [0.15, 0.2) is 78.1 Å². The van der Waals surface area contributed by atoms with E-state index >= 15 is 0 Å². The van der Waals surface area contributed by atoms with Crippen molar-refractivity contribution >= 4 is 21.1 Å². The Hall–Kier alpha value is -3.14. The minimum absolute atomic E-state index is 0.209. The normalized spacial score (nSPS) is 14.9. The van der Waals surface area contributed by atoms with Gasteiger partial charge in [-0.3, -0.25) is 4.90 Å². The van der Waals surface area contributed by atoms with Crippen molar-refractivity contribution in [1.29, 1.82) is 0 Å². The number of benzene rings is 1. The quantitative estimate of drug-likeness (QED) is 0.159. The molecule has 4 aromatic rings. The van der Waals surface area contributed by atoms with Gasteiger partial charge in [0.05, 0.1) is 4.90 Å². The zero-order chi connectivity index (χ0) is 28.0. The zero-order valence-corrected chi connectivity index (χ0v) is 23.9. The molecule has 0 N–H and O–H groups in total. The highest BCUT2D eigenvalue weighted by atomic mass is 32.2. The summed E-state index contributed by atoms with van der Waals surface area (Å²) in [7, 11) is -1.60. The number of nitrogens with zero attached hydrogens (tertiary/aromatic N) is 5. The average molecular weight is 564 g/mol. The Morgan fingerprint density at radius 1 is 0.875 bits per heavy atom. The van der Waals surface area contributed by atoms with E-state index in [1.165, 1.54) is 42.3 Å². The lowest BCUT2D eigenvalue weighted by Crippen LogP contribution is -2.34. The van der Waals surface area contributed by atoms with Gasteiger partial charge in [-0.05, 0) is 81.7 Å². The Morgan fingerprint density at radius 3 is 2.35 bits per heavy atom. The fourth-order valence-electron chi connectivity index (χ4n) is 5.74. The lowest BCUT2D eigenvalue weighted by molar-refractivity contribution is 0.182. The summed E-state index contributed by atoms with van der Waals surface area (Å²) in [5, 5.41) is 0.774. The van der Waals surface area contributed by atoms with Gasteiger partial charge in [-0.15, -0.1) is 0 Å². The molecular weight excluding hydrogens is 525 g/mol. The standard InChI is InChI=1S/C31H38FN5O2S/c1-35(27-13-4-2-5-14-27)20-8-9-21-36(22-25-12-10-18-33-30(25)32)23-26-24-37(31-29(26)17-11-19-34-31)40(38,39)28-15-6-3-7-16-28/h3,6-7,10-12,15-19,24,27H,2,4-5,8-9,13-14,20-23H2,1H3. The number of aromatic nitrogens is 3. The Balaban J connectivity index is 1.36. The van der Waals surface area contributed by atoms with E-state index in [-0.39, 0.29) is 4.90 Å². The van der Waals surface area contributed by atoms with Crippen molar-refractivity contribution in [1.82, 2.24) is 23.7 Å². The molecule has 212 valence electrons. The molecule has 0 radical (unpaired) electrons. The van der Waals surface area contributed by atoms with Gasteiger partial charge in [0.25, 0.3) is 10.0 Å². The Morgan fingerprint density at radius 2 is 1.57 bits per heavy atom. The molecule has 0 amide bonds. The molecule has 7 nitrogen and oxygen atoms in total. The van der Waals surface area contributed by atoms with Crippen LogP contribution in [0.1, 0.15) is 56.1 Å². The second-order valence-electron chi connectivity index (χ2n) is 10.8. The minimum atomic E-state index is -3.83. The highest BCUT2D eigenvalue weighted by molar-refractivity contribution is 7.90. The van der Waals surface area contributed by atoms with Crippen LogP contribution >= 0.6 is 0 Å². The van der Waals surface area contributed by atoms with Crippen LogP contribution in [-0.2, 0) is 23.1 Å². The fourth-order valence-corrected chi connectivity index (χ4v) is 7.11. The number of fused-ring (bicyclic) bond motifs is 1. The molecule has 1 aliphatic rings. The van der Waals surface area contributed by atoms with Gasteiger partial charge in [0.2, 0.25) is 5.95 Å². The Bertz CT molecular complexity index is 1500. The van der Waals surface area contributed by atoms with Gasteiger partial charge >= 0.3 is 0 Å². The van der Waals surface area contributed by atoms with Gasteiger partial charge in [0.1, 0.15) is 0 Å². The number of halogens is 1. The number of hydrogen-bond acceptors (Lipinski definition) is 6. The van der Waals surface area contributed by atoms with Crippen LogP contribution in [0.4, 0.5) is 4.39 Å². The second kappa shape index (κ2) is 13.0. The van der Waals surface area contributed by atoms with Crippen molar-refractivity contribution in [3.63, 3.8) is 0 Å². The largest absolute Gasteiger partial charge is 0.303 e. The summed E-state index contributed by atoms with van der Waals surface area (Å²) in [6, 6.07) is 16.3. The first-order valence-electron chi connectivity index (χ1n) is 14.2. The SMILES string of the molecule is CN(CCCCN(Cc1cccnc1F)Cc1cn(S(=O)(=O)c2ccccc2)c2ncccc12)C1CCCCC1. The van der Waals surface area contributed by atoms with Crippen molar-refractivity contribution in [3.8, 4) is 0 Å². The molecule has 0 bridgehead atoms. The fraction of sp³-hybridized carbons (Fsp3) is 0.419. The van der Waals surface area contributed by atoms with Crippen molar-refractivity contribution in [2.45, 2.75) is 69.0 Å². The van der Waals surface area contributed by atoms with Gasteiger partial charge in [-0.25, -0.2) is 22.4 Å². The summed E-state index contributed by atoms with van der Waals surface area (Å²) < 4.78 is 42.9. The molecule has 9 heteroatoms. The maximum absolute atomic E-state index is 14.6. The van der Waals surface area contributed by atoms with Crippen molar-refractivity contribution < 1.29 is 12.8 Å². The predicted molar refractivity (Wildman–Crippen MR) is 156 cm³/mol. The van der Waals surface area contributed by atoms with Crippen LogP contribution in [0, 0.1) is 5.95 Å². The predicted octanol–water partition coefficient (Wildman–Crippen LogP) is 5.85. The molecule has 1 fully saturated rings. The summed E-state index contributed by atoms with van der Waals surface area (Å²) in [4.78, 5) is 13.2. The maximum Gasteiger partial charge on any atom is 0.269 e. The molecule has 0 unspecified atom stereocenters. The number of rotatable bonds is 12. The van der Waals surface area contributed by atoms with Crippen LogP contribution in [0.5, 0.6) is 0 Å². The summed E-state index contributed by atoms with van der Waals surface area (Å²) in [5.41, 5.74) is 1.76. The van der Waals surface area contributed by atoms with E-state index < -0.39 is 16.0 Å². The molecule has 3 aromatic heterocycles. The van der Waals surface area contributed by atoms with E-state index in [0.29, 0.717) is 30.3 Å². The third kappa shape index (κ3) is 6.59. The van der Waals surface area contributed by atoms with Crippen LogP contribution in [0.3, 0.4) is 0 Å². The molecule has 1 aromatic carbocycles. The minimum Gasteiger partial charge on any atom is -0.303 e. The number of pyridine rings is 2. The van der Waals surface area contributed by atoms with Gasteiger partial charge < -0.3 is 4.90 Å². The first-order chi connectivity index (χ1) is 19.4. The van der Waals surface area contributed by atoms with E-state index in [1.807, 2.05) is 12.1 Å². The van der Waals surface area contributed by atoms with Crippen molar-refractivity contribution in [2.24, 2.45) is 0 Å². The van der Waals surface area contributed by atoms with Gasteiger partial charge in [0, 0.05) is 48.7 Å². The van der Waals surface area contributed by atoms with Crippen molar-refractivity contribution in [2.75, 3.05) is 20.1 Å². The molecule has 1 aliphatic carbocycles. The molecule has 0 aliphatic heterocycles. The molecular formula is C31H38FN5O2S. The van der Waals surface area contributed by atoms with Crippen LogP contribution < -0.4 is 0 Å². The lowest BCUT2D eigenvalue weighted by Gasteiger charge is -2.31. The first-order valence-corrected chi connectivity index (χ1v) is 15.6. The molecule has 40 heavy (non-hydrogen) atoms. The molecule has 0 atom stereocenters. The van der Waals surface area contributed by atoms with E-state index in [2.05, 4.69) is 26.8 Å². The zero-order valence-electron chi connectivity index (χ0n) is 23.1. The smallest absolute Gasteiger partial charge is 0.269 e. The number of unbranched alkanes of at least 4 members (excludes halogenated alkanes) is 1. The second-order valence-corrected chi connectivity index (χ2v) is 12.6. The summed E-state index contributed by atoms with van der Waals surface area (Å²) in [6.07, 6.45) is 13.3. The van der Waals surface area contributed by atoms with E-state index in [1.54, 1.807) is 54.9 Å². The van der Waals surface area contributed by atoms with Crippen molar-refractivity contribution in [3.05, 3.63) is 90.3 Å². The van der Waals surface area contributed by atoms with E-state index in [9.17, 15) is 12.8 Å². The first kappa shape index (κ1) is 28.4.